The Morgan fingerprint density at radius 3 is 2.73 bits per heavy atom. The number of piperidine rings is 1. The Labute approximate surface area is 219 Å². The van der Waals surface area contributed by atoms with E-state index in [0.29, 0.717) is 24.0 Å². The molecule has 0 aliphatic carbocycles. The quantitative estimate of drug-likeness (QED) is 0.224. The van der Waals surface area contributed by atoms with Crippen LogP contribution in [0.2, 0.25) is 0 Å². The average Bonchev–Trinajstić information content (AvgIpc) is 3.57. The van der Waals surface area contributed by atoms with Gasteiger partial charge in [-0.2, -0.15) is 5.10 Å². The zero-order valence-electron chi connectivity index (χ0n) is 20.3. The standard InChI is InChI=1S/C28H28N8S/c29-23-12-20(6-7-21(23)15-32-14-18-4-2-1-3-5-18)22-13-25(36-26(22)27(30)33-17-34-36)24-16-37-28(35-24)19-8-10-31-11-9-19/h1-7,12-13,15-17,19,31H,8-11,14,29H2,(H2,30,33,34). The second-order valence-corrected chi connectivity index (χ2v) is 10.1. The molecular formula is C28H28N8S. The molecule has 5 N–H and O–H groups in total. The van der Waals surface area contributed by atoms with Crippen LogP contribution in [-0.4, -0.2) is 38.9 Å². The van der Waals surface area contributed by atoms with Crippen LogP contribution < -0.4 is 16.8 Å². The molecule has 0 bridgehead atoms. The normalized spacial score (nSPS) is 14.6. The van der Waals surface area contributed by atoms with Gasteiger partial charge in [-0.15, -0.1) is 11.3 Å². The molecule has 0 saturated carbocycles. The second kappa shape index (κ2) is 10.1. The molecule has 8 nitrogen and oxygen atoms in total. The molecule has 1 fully saturated rings. The number of nitrogens with zero attached hydrogens (tertiary/aromatic N) is 5. The van der Waals surface area contributed by atoms with Gasteiger partial charge >= 0.3 is 0 Å². The number of hydrogen-bond donors (Lipinski definition) is 3. The fraction of sp³-hybridized carbons (Fsp3) is 0.214. The summed E-state index contributed by atoms with van der Waals surface area (Å²) in [7, 11) is 0. The van der Waals surface area contributed by atoms with Crippen molar-refractivity contribution in [3.05, 3.63) is 82.4 Å². The highest BCUT2D eigenvalue weighted by atomic mass is 32.1. The van der Waals surface area contributed by atoms with Crippen LogP contribution in [0.15, 0.2) is 71.3 Å². The molecule has 4 heterocycles. The predicted octanol–water partition coefficient (Wildman–Crippen LogP) is 4.77. The Morgan fingerprint density at radius 1 is 1.08 bits per heavy atom. The van der Waals surface area contributed by atoms with Crippen molar-refractivity contribution in [3.63, 3.8) is 0 Å². The third-order valence-electron chi connectivity index (χ3n) is 6.80. The van der Waals surface area contributed by atoms with Gasteiger partial charge in [-0.05, 0) is 49.2 Å². The summed E-state index contributed by atoms with van der Waals surface area (Å²) in [5.41, 5.74) is 19.9. The molecule has 9 heteroatoms. The third kappa shape index (κ3) is 4.71. The second-order valence-electron chi connectivity index (χ2n) is 9.24. The van der Waals surface area contributed by atoms with E-state index < -0.39 is 0 Å². The van der Waals surface area contributed by atoms with Crippen LogP contribution in [0.1, 0.15) is 34.9 Å². The van der Waals surface area contributed by atoms with Gasteiger partial charge in [-0.3, -0.25) is 4.99 Å². The zero-order valence-corrected chi connectivity index (χ0v) is 21.2. The first-order chi connectivity index (χ1) is 18.2. The number of rotatable bonds is 6. The number of benzene rings is 2. The van der Waals surface area contributed by atoms with Crippen LogP contribution in [0, 0.1) is 0 Å². The summed E-state index contributed by atoms with van der Waals surface area (Å²) in [5, 5.41) is 11.2. The number of nitrogens with one attached hydrogen (secondary N) is 1. The first kappa shape index (κ1) is 23.3. The number of anilines is 2. The summed E-state index contributed by atoms with van der Waals surface area (Å²) in [6.45, 7) is 2.68. The van der Waals surface area contributed by atoms with Crippen molar-refractivity contribution in [3.8, 4) is 22.5 Å². The Bertz CT molecular complexity index is 1560. The maximum absolute atomic E-state index is 6.45. The minimum atomic E-state index is 0.414. The summed E-state index contributed by atoms with van der Waals surface area (Å²) in [6.07, 6.45) is 5.53. The molecule has 0 unspecified atom stereocenters. The fourth-order valence-corrected chi connectivity index (χ4v) is 5.81. The SMILES string of the molecule is Nc1cc(-c2cc(-c3csc(C4CCNCC4)n3)n3ncnc(N)c23)ccc1C=NCc1ccccc1. The molecular weight excluding hydrogens is 480 g/mol. The highest BCUT2D eigenvalue weighted by molar-refractivity contribution is 7.10. The molecule has 0 atom stereocenters. The monoisotopic (exact) mass is 508 g/mol. The maximum atomic E-state index is 6.45. The summed E-state index contributed by atoms with van der Waals surface area (Å²) in [5.74, 6) is 0.915. The molecule has 0 amide bonds. The molecule has 3 aromatic heterocycles. The number of aromatic nitrogens is 4. The molecule has 37 heavy (non-hydrogen) atoms. The first-order valence-electron chi connectivity index (χ1n) is 12.4. The molecule has 186 valence electrons. The fourth-order valence-electron chi connectivity index (χ4n) is 4.82. The summed E-state index contributed by atoms with van der Waals surface area (Å²) in [6, 6.07) is 18.2. The van der Waals surface area contributed by atoms with E-state index in [2.05, 4.69) is 44.0 Å². The van der Waals surface area contributed by atoms with Crippen LogP contribution in [0.25, 0.3) is 28.0 Å². The summed E-state index contributed by atoms with van der Waals surface area (Å²) < 4.78 is 1.84. The van der Waals surface area contributed by atoms with Gasteiger partial charge in [0.2, 0.25) is 0 Å². The number of hydrogen-bond acceptors (Lipinski definition) is 8. The third-order valence-corrected chi connectivity index (χ3v) is 7.81. The smallest absolute Gasteiger partial charge is 0.152 e. The van der Waals surface area contributed by atoms with Crippen molar-refractivity contribution < 1.29 is 0 Å². The number of fused-ring (bicyclic) bond motifs is 1. The first-order valence-corrected chi connectivity index (χ1v) is 13.3. The van der Waals surface area contributed by atoms with Gasteiger partial charge in [0.05, 0.1) is 22.9 Å². The molecule has 0 spiro atoms. The van der Waals surface area contributed by atoms with Crippen LogP contribution in [-0.2, 0) is 6.54 Å². The molecule has 1 aliphatic heterocycles. The highest BCUT2D eigenvalue weighted by Gasteiger charge is 2.22. The predicted molar refractivity (Wildman–Crippen MR) is 151 cm³/mol. The molecule has 1 saturated heterocycles. The Kier molecular flexibility index (Phi) is 6.38. The van der Waals surface area contributed by atoms with Crippen molar-refractivity contribution in [2.75, 3.05) is 24.6 Å². The van der Waals surface area contributed by atoms with Crippen molar-refractivity contribution in [2.45, 2.75) is 25.3 Å². The topological polar surface area (TPSA) is 120 Å². The zero-order chi connectivity index (χ0) is 25.2. The lowest BCUT2D eigenvalue weighted by atomic mass is 9.99. The number of nitrogen functional groups attached to an aromatic ring is 2. The van der Waals surface area contributed by atoms with Crippen LogP contribution in [0.3, 0.4) is 0 Å². The lowest BCUT2D eigenvalue weighted by Crippen LogP contribution is -2.26. The largest absolute Gasteiger partial charge is 0.398 e. The average molecular weight is 509 g/mol. The van der Waals surface area contributed by atoms with Gasteiger partial charge < -0.3 is 16.8 Å². The Balaban J connectivity index is 1.33. The number of thiazole rings is 1. The molecule has 2 aromatic carbocycles. The van der Waals surface area contributed by atoms with E-state index in [1.54, 1.807) is 11.3 Å². The van der Waals surface area contributed by atoms with E-state index in [4.69, 9.17) is 16.5 Å². The van der Waals surface area contributed by atoms with Gasteiger partial charge in [0.1, 0.15) is 11.8 Å². The highest BCUT2D eigenvalue weighted by Crippen LogP contribution is 2.37. The molecule has 1 aliphatic rings. The Morgan fingerprint density at radius 2 is 1.92 bits per heavy atom. The van der Waals surface area contributed by atoms with Crippen molar-refractivity contribution in [1.82, 2.24) is 24.9 Å². The maximum Gasteiger partial charge on any atom is 0.152 e. The molecule has 5 aromatic rings. The van der Waals surface area contributed by atoms with Gasteiger partial charge in [-0.25, -0.2) is 14.5 Å². The molecule has 0 radical (unpaired) electrons. The van der Waals surface area contributed by atoms with E-state index in [9.17, 15) is 0 Å². The van der Waals surface area contributed by atoms with E-state index in [-0.39, 0.29) is 0 Å². The number of aliphatic imine (C=N–C) groups is 1. The lowest BCUT2D eigenvalue weighted by Gasteiger charge is -2.20. The van der Waals surface area contributed by atoms with E-state index in [1.807, 2.05) is 47.1 Å². The summed E-state index contributed by atoms with van der Waals surface area (Å²) in [4.78, 5) is 13.8. The van der Waals surface area contributed by atoms with Crippen LogP contribution in [0.4, 0.5) is 11.5 Å². The van der Waals surface area contributed by atoms with Gasteiger partial charge in [-0.1, -0.05) is 42.5 Å². The van der Waals surface area contributed by atoms with E-state index in [0.717, 1.165) is 65.1 Å². The summed E-state index contributed by atoms with van der Waals surface area (Å²) >= 11 is 1.72. The van der Waals surface area contributed by atoms with Gasteiger partial charge in [0, 0.05) is 34.3 Å². The lowest BCUT2D eigenvalue weighted by molar-refractivity contribution is 0.459. The number of nitrogens with two attached hydrogens (primary N) is 2. The van der Waals surface area contributed by atoms with Crippen molar-refractivity contribution >= 4 is 34.6 Å². The van der Waals surface area contributed by atoms with E-state index in [1.165, 1.54) is 11.3 Å². The van der Waals surface area contributed by atoms with Gasteiger partial charge in [0.15, 0.2) is 5.82 Å². The van der Waals surface area contributed by atoms with Crippen molar-refractivity contribution in [2.24, 2.45) is 4.99 Å². The van der Waals surface area contributed by atoms with Crippen molar-refractivity contribution in [1.29, 1.82) is 0 Å². The Hall–Kier alpha value is -4.08. The minimum Gasteiger partial charge on any atom is -0.398 e. The van der Waals surface area contributed by atoms with Crippen LogP contribution in [0.5, 0.6) is 0 Å². The van der Waals surface area contributed by atoms with E-state index >= 15 is 0 Å². The molecule has 6 rings (SSSR count). The van der Waals surface area contributed by atoms with Crippen LogP contribution >= 0.6 is 11.3 Å². The van der Waals surface area contributed by atoms with Gasteiger partial charge in [0.25, 0.3) is 0 Å². The minimum absolute atomic E-state index is 0.414.